The summed E-state index contributed by atoms with van der Waals surface area (Å²) in [5, 5.41) is 13.0. The number of nitrogens with one attached hydrogen (secondary N) is 1. The first-order valence-electron chi connectivity index (χ1n) is 6.85. The molecule has 0 saturated carbocycles. The smallest absolute Gasteiger partial charge is 0.134 e. The van der Waals surface area contributed by atoms with Crippen LogP contribution in [-0.4, -0.2) is 18.0 Å². The van der Waals surface area contributed by atoms with Crippen LogP contribution in [-0.2, 0) is 0 Å². The molecule has 21 heavy (non-hydrogen) atoms. The van der Waals surface area contributed by atoms with Gasteiger partial charge < -0.3 is 10.4 Å². The number of anilines is 1. The second-order valence-electron chi connectivity index (χ2n) is 4.42. The maximum absolute atomic E-state index is 13.9. The third-order valence-electron chi connectivity index (χ3n) is 3.29. The Balaban J connectivity index is 0.000000510. The van der Waals surface area contributed by atoms with Gasteiger partial charge in [0.1, 0.15) is 17.4 Å². The van der Waals surface area contributed by atoms with E-state index in [9.17, 15) is 13.9 Å². The van der Waals surface area contributed by atoms with Gasteiger partial charge in [0, 0.05) is 36.0 Å². The van der Waals surface area contributed by atoms with Crippen LogP contribution in [0.5, 0.6) is 5.75 Å². The predicted molar refractivity (Wildman–Crippen MR) is 85.6 cm³/mol. The van der Waals surface area contributed by atoms with Crippen molar-refractivity contribution in [3.8, 4) is 5.75 Å². The molecule has 0 aromatic heterocycles. The quantitative estimate of drug-likeness (QED) is 0.652. The summed E-state index contributed by atoms with van der Waals surface area (Å²) < 4.78 is 27.5. The molecule has 0 radical (unpaired) electrons. The third kappa shape index (κ3) is 3.05. The van der Waals surface area contributed by atoms with Crippen LogP contribution >= 0.6 is 11.6 Å². The molecule has 2 N–H and O–H groups in total. The number of aromatic hydroxyl groups is 1. The Kier molecular flexibility index (Phi) is 6.21. The molecule has 1 aliphatic heterocycles. The minimum atomic E-state index is -0.596. The third-order valence-corrected chi connectivity index (χ3v) is 3.29. The van der Waals surface area contributed by atoms with Gasteiger partial charge in [-0.25, -0.2) is 8.78 Å². The molecule has 0 bridgehead atoms. The van der Waals surface area contributed by atoms with E-state index in [1.165, 1.54) is 12.4 Å². The molecule has 1 atom stereocenters. The van der Waals surface area contributed by atoms with Crippen LogP contribution in [0.15, 0.2) is 18.2 Å². The highest BCUT2D eigenvalue weighted by Crippen LogP contribution is 2.43. The minimum absolute atomic E-state index is 0.0284. The number of alkyl halides is 1. The summed E-state index contributed by atoms with van der Waals surface area (Å²) in [6.07, 6.45) is 1.47. The molecule has 3 rings (SSSR count). The van der Waals surface area contributed by atoms with Crippen molar-refractivity contribution in [2.45, 2.75) is 26.7 Å². The molecule has 1 heterocycles. The average Bonchev–Trinajstić information content (AvgIpc) is 2.87. The van der Waals surface area contributed by atoms with Crippen molar-refractivity contribution in [2.75, 3.05) is 18.2 Å². The molecular formula is C16H20ClF2NO. The van der Waals surface area contributed by atoms with E-state index in [-0.39, 0.29) is 22.4 Å². The van der Waals surface area contributed by atoms with Crippen molar-refractivity contribution >= 4 is 28.1 Å². The van der Waals surface area contributed by atoms with Gasteiger partial charge in [0.2, 0.25) is 0 Å². The monoisotopic (exact) mass is 315 g/mol. The molecule has 2 aromatic rings. The molecule has 5 heteroatoms. The second-order valence-corrected chi connectivity index (χ2v) is 4.42. The van der Waals surface area contributed by atoms with E-state index in [2.05, 4.69) is 16.9 Å². The Morgan fingerprint density at radius 3 is 2.24 bits per heavy atom. The lowest BCUT2D eigenvalue weighted by Crippen LogP contribution is -1.97. The second kappa shape index (κ2) is 7.46. The van der Waals surface area contributed by atoms with Gasteiger partial charge in [-0.2, -0.15) is 0 Å². The summed E-state index contributed by atoms with van der Waals surface area (Å²) in [4.78, 5) is 0. The number of fused-ring (bicyclic) bond motifs is 3. The Hall–Kier alpha value is -1.55. The maximum atomic E-state index is 13.9. The minimum Gasteiger partial charge on any atom is -0.507 e. The summed E-state index contributed by atoms with van der Waals surface area (Å²) >= 11 is 4.64. The summed E-state index contributed by atoms with van der Waals surface area (Å²) in [5.41, 5.74) is 1.43. The molecule has 2 aromatic carbocycles. The van der Waals surface area contributed by atoms with E-state index in [1.54, 1.807) is 0 Å². The zero-order valence-electron chi connectivity index (χ0n) is 12.6. The zero-order valence-corrected chi connectivity index (χ0v) is 13.4. The molecule has 2 nitrogen and oxygen atoms in total. The number of benzene rings is 2. The van der Waals surface area contributed by atoms with E-state index < -0.39 is 11.6 Å². The lowest BCUT2D eigenvalue weighted by Gasteiger charge is -2.11. The normalized spacial score (nSPS) is 15.3. The van der Waals surface area contributed by atoms with E-state index >= 15 is 0 Å². The van der Waals surface area contributed by atoms with E-state index in [1.807, 2.05) is 20.8 Å². The van der Waals surface area contributed by atoms with Gasteiger partial charge in [0.15, 0.2) is 0 Å². The Bertz CT molecular complexity index is 631. The van der Waals surface area contributed by atoms with Crippen molar-refractivity contribution in [2.24, 2.45) is 0 Å². The Labute approximate surface area is 128 Å². The Morgan fingerprint density at radius 1 is 1.14 bits per heavy atom. The molecule has 0 spiro atoms. The molecule has 0 aliphatic carbocycles. The fourth-order valence-electron chi connectivity index (χ4n) is 2.51. The highest BCUT2D eigenvalue weighted by molar-refractivity contribution is 6.15. The predicted octanol–water partition coefficient (Wildman–Crippen LogP) is 5.23. The molecule has 0 saturated heterocycles. The fraction of sp³-hybridized carbons (Fsp3) is 0.375. The first-order chi connectivity index (χ1) is 10.1. The molecule has 116 valence electrons. The summed E-state index contributed by atoms with van der Waals surface area (Å²) in [5.74, 6) is -1.22. The van der Waals surface area contributed by atoms with Gasteiger partial charge in [0.05, 0.1) is 5.39 Å². The topological polar surface area (TPSA) is 32.3 Å². The van der Waals surface area contributed by atoms with Crippen molar-refractivity contribution in [3.05, 3.63) is 35.4 Å². The van der Waals surface area contributed by atoms with Crippen LogP contribution in [0.3, 0.4) is 0 Å². The van der Waals surface area contributed by atoms with Crippen LogP contribution in [0.4, 0.5) is 14.5 Å². The number of phenols is 1. The highest BCUT2D eigenvalue weighted by Gasteiger charge is 2.25. The highest BCUT2D eigenvalue weighted by atomic mass is 35.5. The van der Waals surface area contributed by atoms with Crippen LogP contribution in [0.2, 0.25) is 0 Å². The average molecular weight is 316 g/mol. The first-order valence-corrected chi connectivity index (χ1v) is 7.60. The molecular weight excluding hydrogens is 296 g/mol. The first kappa shape index (κ1) is 17.5. The molecule has 1 aliphatic rings. The van der Waals surface area contributed by atoms with Gasteiger partial charge in [-0.1, -0.05) is 20.8 Å². The zero-order chi connectivity index (χ0) is 16.2. The standard InChI is InChI=1S/C13H11F2NO.C2H6.CH3Cl/c1-6-5-16-9-4-10(17)12-7(14)2-3-8(15)13(12)11(6)9;2*1-2/h2-4,6,16-17H,5H2,1H3;1-2H3;1H3. The Morgan fingerprint density at radius 2 is 1.67 bits per heavy atom. The summed E-state index contributed by atoms with van der Waals surface area (Å²) in [7, 11) is 0. The SMILES string of the molecule is CC.CC1CNc2cc(O)c3c(F)ccc(F)c3c21.CCl. The number of phenolic OH excluding ortho intramolecular Hbond substituents is 1. The van der Waals surface area contributed by atoms with E-state index in [0.29, 0.717) is 12.2 Å². The largest absolute Gasteiger partial charge is 0.507 e. The van der Waals surface area contributed by atoms with Gasteiger partial charge in [-0.3, -0.25) is 0 Å². The van der Waals surface area contributed by atoms with E-state index in [4.69, 9.17) is 0 Å². The fourth-order valence-corrected chi connectivity index (χ4v) is 2.51. The van der Waals surface area contributed by atoms with Crippen LogP contribution in [0, 0.1) is 11.6 Å². The van der Waals surface area contributed by atoms with Crippen LogP contribution in [0.1, 0.15) is 32.3 Å². The van der Waals surface area contributed by atoms with Crippen molar-refractivity contribution in [1.29, 1.82) is 0 Å². The number of hydrogen-bond acceptors (Lipinski definition) is 2. The van der Waals surface area contributed by atoms with Crippen molar-refractivity contribution in [1.82, 2.24) is 0 Å². The number of rotatable bonds is 0. The van der Waals surface area contributed by atoms with Gasteiger partial charge in [0.25, 0.3) is 0 Å². The lowest BCUT2D eigenvalue weighted by molar-refractivity contribution is 0.478. The van der Waals surface area contributed by atoms with Gasteiger partial charge >= 0.3 is 0 Å². The maximum Gasteiger partial charge on any atom is 0.134 e. The van der Waals surface area contributed by atoms with E-state index in [0.717, 1.165) is 17.7 Å². The number of halogens is 3. The van der Waals surface area contributed by atoms with Gasteiger partial charge in [-0.15, -0.1) is 11.6 Å². The van der Waals surface area contributed by atoms with Crippen molar-refractivity contribution in [3.63, 3.8) is 0 Å². The van der Waals surface area contributed by atoms with Gasteiger partial charge in [-0.05, 0) is 17.7 Å². The lowest BCUT2D eigenvalue weighted by atomic mass is 9.95. The molecule has 0 amide bonds. The van der Waals surface area contributed by atoms with Crippen LogP contribution < -0.4 is 5.32 Å². The molecule has 0 fully saturated rings. The molecule has 1 unspecified atom stereocenters. The number of hydrogen-bond donors (Lipinski definition) is 2. The summed E-state index contributed by atoms with van der Waals surface area (Å²) in [6, 6.07) is 3.60. The van der Waals surface area contributed by atoms with Crippen LogP contribution in [0.25, 0.3) is 10.8 Å². The summed E-state index contributed by atoms with van der Waals surface area (Å²) in [6.45, 7) is 6.61. The van der Waals surface area contributed by atoms with Crippen molar-refractivity contribution < 1.29 is 13.9 Å².